The van der Waals surface area contributed by atoms with Gasteiger partial charge in [0.15, 0.2) is 0 Å². The molecule has 2 rings (SSSR count). The highest BCUT2D eigenvalue weighted by molar-refractivity contribution is 9.11. The minimum Gasteiger partial charge on any atom is -0.421 e. The van der Waals surface area contributed by atoms with Crippen molar-refractivity contribution < 1.29 is 4.42 Å². The van der Waals surface area contributed by atoms with Crippen molar-refractivity contribution >= 4 is 31.9 Å². The van der Waals surface area contributed by atoms with Gasteiger partial charge in [-0.05, 0) is 34.1 Å². The SMILES string of the molecule is Cc1nnc(-c2ccc(Br)cc2Br)o1. The maximum absolute atomic E-state index is 5.32. The summed E-state index contributed by atoms with van der Waals surface area (Å²) in [7, 11) is 0. The largest absolute Gasteiger partial charge is 0.421 e. The fourth-order valence-electron chi connectivity index (χ4n) is 1.07. The molecule has 0 N–H and O–H groups in total. The first-order valence-electron chi connectivity index (χ1n) is 3.92. The zero-order valence-corrected chi connectivity index (χ0v) is 10.5. The third kappa shape index (κ3) is 1.88. The zero-order valence-electron chi connectivity index (χ0n) is 7.29. The lowest BCUT2D eigenvalue weighted by Gasteiger charge is -1.98. The van der Waals surface area contributed by atoms with Crippen molar-refractivity contribution in [3.05, 3.63) is 33.0 Å². The summed E-state index contributed by atoms with van der Waals surface area (Å²) in [6.45, 7) is 1.77. The van der Waals surface area contributed by atoms with E-state index >= 15 is 0 Å². The minimum absolute atomic E-state index is 0.530. The summed E-state index contributed by atoms with van der Waals surface area (Å²) in [5, 5.41) is 7.72. The van der Waals surface area contributed by atoms with Crippen molar-refractivity contribution in [2.24, 2.45) is 0 Å². The summed E-state index contributed by atoms with van der Waals surface area (Å²) >= 11 is 6.81. The van der Waals surface area contributed by atoms with Crippen LogP contribution in [0.15, 0.2) is 31.6 Å². The van der Waals surface area contributed by atoms with E-state index in [9.17, 15) is 0 Å². The maximum Gasteiger partial charge on any atom is 0.248 e. The quantitative estimate of drug-likeness (QED) is 0.807. The molecule has 0 unspecified atom stereocenters. The van der Waals surface area contributed by atoms with Crippen molar-refractivity contribution in [2.75, 3.05) is 0 Å². The first-order chi connectivity index (χ1) is 6.66. The average molecular weight is 318 g/mol. The first-order valence-corrected chi connectivity index (χ1v) is 5.51. The molecule has 0 aliphatic rings. The van der Waals surface area contributed by atoms with Crippen molar-refractivity contribution in [3.63, 3.8) is 0 Å². The van der Waals surface area contributed by atoms with Gasteiger partial charge in [0.1, 0.15) is 0 Å². The summed E-state index contributed by atoms with van der Waals surface area (Å²) < 4.78 is 7.25. The Morgan fingerprint density at radius 3 is 2.57 bits per heavy atom. The van der Waals surface area contributed by atoms with Crippen LogP contribution in [0.5, 0.6) is 0 Å². The van der Waals surface area contributed by atoms with Gasteiger partial charge in [-0.1, -0.05) is 15.9 Å². The number of halogens is 2. The van der Waals surface area contributed by atoms with E-state index in [4.69, 9.17) is 4.42 Å². The van der Waals surface area contributed by atoms with Crippen molar-refractivity contribution in [3.8, 4) is 11.5 Å². The number of aryl methyl sites for hydroxylation is 1. The Kier molecular flexibility index (Phi) is 2.69. The smallest absolute Gasteiger partial charge is 0.248 e. The molecular weight excluding hydrogens is 312 g/mol. The highest BCUT2D eigenvalue weighted by Gasteiger charge is 2.09. The second-order valence-electron chi connectivity index (χ2n) is 2.75. The number of hydrogen-bond donors (Lipinski definition) is 0. The van der Waals surface area contributed by atoms with Crippen LogP contribution in [-0.2, 0) is 0 Å². The lowest BCUT2D eigenvalue weighted by atomic mass is 10.2. The molecule has 0 atom stereocenters. The Labute approximate surface area is 97.8 Å². The first kappa shape index (κ1) is 9.86. The lowest BCUT2D eigenvalue weighted by Crippen LogP contribution is -1.80. The third-order valence-corrected chi connectivity index (χ3v) is 2.84. The van der Waals surface area contributed by atoms with Gasteiger partial charge in [-0.2, -0.15) is 0 Å². The Bertz CT molecular complexity index is 468. The molecular formula is C9H6Br2N2O. The molecule has 2 aromatic rings. The van der Waals surface area contributed by atoms with Crippen molar-refractivity contribution in [2.45, 2.75) is 6.92 Å². The van der Waals surface area contributed by atoms with Crippen LogP contribution in [0.2, 0.25) is 0 Å². The molecule has 1 aromatic carbocycles. The number of aromatic nitrogens is 2. The number of hydrogen-bond acceptors (Lipinski definition) is 3. The van der Waals surface area contributed by atoms with Gasteiger partial charge in [0, 0.05) is 15.9 Å². The summed E-state index contributed by atoms with van der Waals surface area (Å²) in [6.07, 6.45) is 0. The van der Waals surface area contributed by atoms with Crippen LogP contribution in [-0.4, -0.2) is 10.2 Å². The molecule has 3 nitrogen and oxygen atoms in total. The molecule has 0 spiro atoms. The van der Waals surface area contributed by atoms with Gasteiger partial charge < -0.3 is 4.42 Å². The highest BCUT2D eigenvalue weighted by Crippen LogP contribution is 2.29. The Morgan fingerprint density at radius 2 is 2.00 bits per heavy atom. The Balaban J connectivity index is 2.52. The van der Waals surface area contributed by atoms with Crippen LogP contribution < -0.4 is 0 Å². The molecule has 0 aliphatic heterocycles. The van der Waals surface area contributed by atoms with Gasteiger partial charge in [-0.25, -0.2) is 0 Å². The van der Waals surface area contributed by atoms with Gasteiger partial charge >= 0.3 is 0 Å². The van der Waals surface area contributed by atoms with E-state index in [1.165, 1.54) is 0 Å². The van der Waals surface area contributed by atoms with Gasteiger partial charge in [0.25, 0.3) is 0 Å². The summed E-state index contributed by atoms with van der Waals surface area (Å²) in [5.41, 5.74) is 0.897. The van der Waals surface area contributed by atoms with Crippen LogP contribution in [0.1, 0.15) is 5.89 Å². The molecule has 0 bridgehead atoms. The molecule has 0 radical (unpaired) electrons. The molecule has 72 valence electrons. The average Bonchev–Trinajstić information content (AvgIpc) is 2.51. The summed E-state index contributed by atoms with van der Waals surface area (Å²) in [6, 6.07) is 5.79. The van der Waals surface area contributed by atoms with E-state index in [1.54, 1.807) is 6.92 Å². The van der Waals surface area contributed by atoms with E-state index in [-0.39, 0.29) is 0 Å². The highest BCUT2D eigenvalue weighted by atomic mass is 79.9. The number of benzene rings is 1. The van der Waals surface area contributed by atoms with Crippen LogP contribution in [0.3, 0.4) is 0 Å². The van der Waals surface area contributed by atoms with Crippen LogP contribution in [0.25, 0.3) is 11.5 Å². The van der Waals surface area contributed by atoms with E-state index < -0.39 is 0 Å². The van der Waals surface area contributed by atoms with Gasteiger partial charge in [0.05, 0.1) is 5.56 Å². The van der Waals surface area contributed by atoms with E-state index in [1.807, 2.05) is 18.2 Å². The topological polar surface area (TPSA) is 38.9 Å². The number of nitrogens with zero attached hydrogens (tertiary/aromatic N) is 2. The Hall–Kier alpha value is -0.680. The predicted octanol–water partition coefficient (Wildman–Crippen LogP) is 3.57. The molecule has 0 saturated carbocycles. The van der Waals surface area contributed by atoms with Crippen LogP contribution >= 0.6 is 31.9 Å². The summed E-state index contributed by atoms with van der Waals surface area (Å²) in [5.74, 6) is 1.09. The van der Waals surface area contributed by atoms with Crippen molar-refractivity contribution in [1.82, 2.24) is 10.2 Å². The van der Waals surface area contributed by atoms with Gasteiger partial charge in [-0.3, -0.25) is 0 Å². The zero-order chi connectivity index (χ0) is 10.1. The van der Waals surface area contributed by atoms with Crippen LogP contribution in [0.4, 0.5) is 0 Å². The maximum atomic E-state index is 5.32. The number of rotatable bonds is 1. The molecule has 1 heterocycles. The molecule has 0 aliphatic carbocycles. The second-order valence-corrected chi connectivity index (χ2v) is 4.52. The van der Waals surface area contributed by atoms with Crippen molar-refractivity contribution in [1.29, 1.82) is 0 Å². The second kappa shape index (κ2) is 3.82. The molecule has 14 heavy (non-hydrogen) atoms. The third-order valence-electron chi connectivity index (χ3n) is 1.69. The monoisotopic (exact) mass is 316 g/mol. The van der Waals surface area contributed by atoms with E-state index in [0.717, 1.165) is 14.5 Å². The van der Waals surface area contributed by atoms with E-state index in [0.29, 0.717) is 11.8 Å². The minimum atomic E-state index is 0.530. The molecule has 0 fully saturated rings. The fourth-order valence-corrected chi connectivity index (χ4v) is 2.28. The normalized spacial score (nSPS) is 10.5. The van der Waals surface area contributed by atoms with Crippen LogP contribution in [0, 0.1) is 6.92 Å². The molecule has 0 saturated heterocycles. The standard InChI is InChI=1S/C9H6Br2N2O/c1-5-12-13-9(14-5)7-3-2-6(10)4-8(7)11/h2-4H,1H3. The molecule has 0 amide bonds. The summed E-state index contributed by atoms with van der Waals surface area (Å²) in [4.78, 5) is 0. The lowest BCUT2D eigenvalue weighted by molar-refractivity contribution is 0.532. The molecule has 5 heteroatoms. The van der Waals surface area contributed by atoms with E-state index in [2.05, 4.69) is 42.1 Å². The Morgan fingerprint density at radius 1 is 1.21 bits per heavy atom. The fraction of sp³-hybridized carbons (Fsp3) is 0.111. The molecule has 1 aromatic heterocycles. The predicted molar refractivity (Wildman–Crippen MR) is 59.9 cm³/mol. The van der Waals surface area contributed by atoms with Gasteiger partial charge in [-0.15, -0.1) is 10.2 Å². The van der Waals surface area contributed by atoms with Gasteiger partial charge in [0.2, 0.25) is 11.8 Å².